The highest BCUT2D eigenvalue weighted by atomic mass is 32.2. The number of nitrogens with zero attached hydrogens (tertiary/aromatic N) is 2. The third-order valence-electron chi connectivity index (χ3n) is 4.38. The SMILES string of the molecule is CS(=O)(=O)Nc1ccc(N2C(=S)N[C@@H](c3ccccn3)[C@H]2c2ccco2)cc1. The van der Waals surface area contributed by atoms with Crippen LogP contribution in [0.5, 0.6) is 0 Å². The average molecular weight is 415 g/mol. The van der Waals surface area contributed by atoms with Gasteiger partial charge in [-0.25, -0.2) is 8.42 Å². The molecule has 4 rings (SSSR count). The number of thiocarbonyl (C=S) groups is 1. The van der Waals surface area contributed by atoms with E-state index in [0.717, 1.165) is 23.4 Å². The van der Waals surface area contributed by atoms with Crippen molar-refractivity contribution in [1.29, 1.82) is 0 Å². The Hall–Kier alpha value is -2.91. The van der Waals surface area contributed by atoms with E-state index in [1.807, 2.05) is 47.4 Å². The predicted molar refractivity (Wildman–Crippen MR) is 112 cm³/mol. The quantitative estimate of drug-likeness (QED) is 0.620. The average Bonchev–Trinajstić information content (AvgIpc) is 3.29. The predicted octanol–water partition coefficient (Wildman–Crippen LogP) is 3.22. The number of sulfonamides is 1. The molecule has 2 atom stereocenters. The monoisotopic (exact) mass is 414 g/mol. The van der Waals surface area contributed by atoms with Crippen LogP contribution in [0.25, 0.3) is 0 Å². The molecule has 3 heterocycles. The lowest BCUT2D eigenvalue weighted by molar-refractivity contribution is 0.432. The number of hydrogen-bond donors (Lipinski definition) is 2. The largest absolute Gasteiger partial charge is 0.467 e. The molecule has 0 bridgehead atoms. The summed E-state index contributed by atoms with van der Waals surface area (Å²) in [5.41, 5.74) is 2.15. The van der Waals surface area contributed by atoms with Gasteiger partial charge in [0.15, 0.2) is 5.11 Å². The number of rotatable bonds is 5. The lowest BCUT2D eigenvalue weighted by Gasteiger charge is -2.26. The van der Waals surface area contributed by atoms with Gasteiger partial charge < -0.3 is 14.6 Å². The first-order valence-corrected chi connectivity index (χ1v) is 10.8. The van der Waals surface area contributed by atoms with Crippen LogP contribution in [0.3, 0.4) is 0 Å². The van der Waals surface area contributed by atoms with Crippen molar-refractivity contribution in [1.82, 2.24) is 10.3 Å². The second kappa shape index (κ2) is 7.25. The molecule has 28 heavy (non-hydrogen) atoms. The van der Waals surface area contributed by atoms with Gasteiger partial charge in [-0.2, -0.15) is 0 Å². The summed E-state index contributed by atoms with van der Waals surface area (Å²) in [6, 6.07) is 16.1. The van der Waals surface area contributed by atoms with Crippen LogP contribution < -0.4 is 14.9 Å². The van der Waals surface area contributed by atoms with Crippen LogP contribution in [0.2, 0.25) is 0 Å². The van der Waals surface area contributed by atoms with E-state index in [1.54, 1.807) is 24.6 Å². The van der Waals surface area contributed by atoms with Gasteiger partial charge in [0.1, 0.15) is 11.8 Å². The molecule has 0 saturated carbocycles. The Morgan fingerprint density at radius 1 is 1.14 bits per heavy atom. The van der Waals surface area contributed by atoms with Crippen molar-refractivity contribution in [2.24, 2.45) is 0 Å². The van der Waals surface area contributed by atoms with E-state index in [1.165, 1.54) is 0 Å². The summed E-state index contributed by atoms with van der Waals surface area (Å²) < 4.78 is 31.0. The molecule has 1 saturated heterocycles. The fourth-order valence-electron chi connectivity index (χ4n) is 3.29. The molecule has 7 nitrogen and oxygen atoms in total. The lowest BCUT2D eigenvalue weighted by atomic mass is 10.0. The zero-order valence-corrected chi connectivity index (χ0v) is 16.6. The van der Waals surface area contributed by atoms with E-state index in [2.05, 4.69) is 15.0 Å². The first-order chi connectivity index (χ1) is 13.4. The van der Waals surface area contributed by atoms with E-state index in [0.29, 0.717) is 10.8 Å². The number of anilines is 2. The summed E-state index contributed by atoms with van der Waals surface area (Å²) >= 11 is 5.60. The molecule has 1 aliphatic rings. The summed E-state index contributed by atoms with van der Waals surface area (Å²) in [5, 5.41) is 3.88. The first kappa shape index (κ1) is 18.5. The van der Waals surface area contributed by atoms with Crippen LogP contribution in [0, 0.1) is 0 Å². The Labute approximate surface area is 168 Å². The van der Waals surface area contributed by atoms with Crippen LogP contribution in [0.4, 0.5) is 11.4 Å². The smallest absolute Gasteiger partial charge is 0.229 e. The molecule has 0 aliphatic carbocycles. The molecule has 0 unspecified atom stereocenters. The van der Waals surface area contributed by atoms with Crippen molar-refractivity contribution in [3.63, 3.8) is 0 Å². The van der Waals surface area contributed by atoms with Crippen molar-refractivity contribution < 1.29 is 12.8 Å². The fourth-order valence-corrected chi connectivity index (χ4v) is 4.20. The topological polar surface area (TPSA) is 87.5 Å². The number of nitrogens with one attached hydrogen (secondary N) is 2. The maximum Gasteiger partial charge on any atom is 0.229 e. The number of furan rings is 1. The maximum absolute atomic E-state index is 11.4. The van der Waals surface area contributed by atoms with Gasteiger partial charge in [0, 0.05) is 17.6 Å². The van der Waals surface area contributed by atoms with E-state index < -0.39 is 10.0 Å². The minimum absolute atomic E-state index is 0.186. The molecule has 0 spiro atoms. The van der Waals surface area contributed by atoms with Gasteiger partial charge in [0.2, 0.25) is 10.0 Å². The zero-order valence-electron chi connectivity index (χ0n) is 14.9. The lowest BCUT2D eigenvalue weighted by Crippen LogP contribution is -2.29. The number of pyridine rings is 1. The van der Waals surface area contributed by atoms with Gasteiger partial charge >= 0.3 is 0 Å². The fraction of sp³-hybridized carbons (Fsp3) is 0.158. The van der Waals surface area contributed by atoms with Crippen molar-refractivity contribution in [3.8, 4) is 0 Å². The normalized spacial score (nSPS) is 19.5. The Balaban J connectivity index is 1.71. The molecule has 0 radical (unpaired) electrons. The van der Waals surface area contributed by atoms with Crippen LogP contribution in [0.1, 0.15) is 23.5 Å². The van der Waals surface area contributed by atoms with E-state index in [-0.39, 0.29) is 12.1 Å². The van der Waals surface area contributed by atoms with Crippen LogP contribution in [-0.2, 0) is 10.0 Å². The van der Waals surface area contributed by atoms with Crippen molar-refractivity contribution in [2.45, 2.75) is 12.1 Å². The van der Waals surface area contributed by atoms with Gasteiger partial charge in [-0.05, 0) is 60.7 Å². The Kier molecular flexibility index (Phi) is 4.78. The molecular formula is C19H18N4O3S2. The molecule has 3 aromatic rings. The molecular weight excluding hydrogens is 396 g/mol. The molecule has 2 N–H and O–H groups in total. The summed E-state index contributed by atoms with van der Waals surface area (Å²) in [6.45, 7) is 0. The van der Waals surface area contributed by atoms with E-state index in [9.17, 15) is 8.42 Å². The van der Waals surface area contributed by atoms with Crippen LogP contribution in [-0.4, -0.2) is 24.8 Å². The van der Waals surface area contributed by atoms with Crippen LogP contribution >= 0.6 is 12.2 Å². The molecule has 9 heteroatoms. The Bertz CT molecular complexity index is 1070. The molecule has 1 aromatic carbocycles. The zero-order chi connectivity index (χ0) is 19.7. The minimum Gasteiger partial charge on any atom is -0.467 e. The molecule has 1 fully saturated rings. The summed E-state index contributed by atoms with van der Waals surface area (Å²) in [7, 11) is -3.34. The van der Waals surface area contributed by atoms with Gasteiger partial charge in [-0.15, -0.1) is 0 Å². The number of hydrogen-bond acceptors (Lipinski definition) is 5. The highest BCUT2D eigenvalue weighted by molar-refractivity contribution is 7.92. The summed E-state index contributed by atoms with van der Waals surface area (Å²) in [5.74, 6) is 0.751. The minimum atomic E-state index is -3.34. The van der Waals surface area contributed by atoms with Crippen LogP contribution in [0.15, 0.2) is 71.5 Å². The third-order valence-corrected chi connectivity index (χ3v) is 5.30. The van der Waals surface area contributed by atoms with Crippen molar-refractivity contribution in [3.05, 3.63) is 78.5 Å². The van der Waals surface area contributed by atoms with Gasteiger partial charge in [-0.3, -0.25) is 9.71 Å². The molecule has 1 aliphatic heterocycles. The van der Waals surface area contributed by atoms with E-state index >= 15 is 0 Å². The van der Waals surface area contributed by atoms with Gasteiger partial charge in [0.25, 0.3) is 0 Å². The second-order valence-corrected chi connectivity index (χ2v) is 8.57. The Morgan fingerprint density at radius 2 is 1.93 bits per heavy atom. The van der Waals surface area contributed by atoms with E-state index in [4.69, 9.17) is 16.6 Å². The second-order valence-electron chi connectivity index (χ2n) is 6.43. The molecule has 0 amide bonds. The first-order valence-electron chi connectivity index (χ1n) is 8.54. The maximum atomic E-state index is 11.4. The molecule has 144 valence electrons. The Morgan fingerprint density at radius 3 is 2.54 bits per heavy atom. The summed E-state index contributed by atoms with van der Waals surface area (Å²) in [4.78, 5) is 6.43. The number of aromatic nitrogens is 1. The third kappa shape index (κ3) is 3.71. The highest BCUT2D eigenvalue weighted by Crippen LogP contribution is 2.41. The van der Waals surface area contributed by atoms with Gasteiger partial charge in [-0.1, -0.05) is 6.07 Å². The van der Waals surface area contributed by atoms with Gasteiger partial charge in [0.05, 0.1) is 24.3 Å². The summed E-state index contributed by atoms with van der Waals surface area (Å²) in [6.07, 6.45) is 4.49. The highest BCUT2D eigenvalue weighted by Gasteiger charge is 2.42. The van der Waals surface area contributed by atoms with Crippen molar-refractivity contribution >= 4 is 38.7 Å². The molecule has 2 aromatic heterocycles. The number of benzene rings is 1. The standard InChI is InChI=1S/C19H18N4O3S2/c1-28(24,25)22-13-7-9-14(10-8-13)23-18(16-6-4-12-26-16)17(21-19(23)27)15-5-2-3-11-20-15/h2-12,17-18,22H,1H3,(H,21,27)/t17-,18+/m0/s1. The van der Waals surface area contributed by atoms with Crippen molar-refractivity contribution in [2.75, 3.05) is 15.9 Å².